The van der Waals surface area contributed by atoms with Gasteiger partial charge in [0.1, 0.15) is 0 Å². The minimum atomic E-state index is 0.175. The van der Waals surface area contributed by atoms with Crippen molar-refractivity contribution in [1.29, 1.82) is 0 Å². The number of halogens is 1. The van der Waals surface area contributed by atoms with E-state index in [4.69, 9.17) is 0 Å². The Labute approximate surface area is 136 Å². The van der Waals surface area contributed by atoms with Gasteiger partial charge in [0.25, 0.3) is 0 Å². The van der Waals surface area contributed by atoms with Crippen molar-refractivity contribution in [3.63, 3.8) is 0 Å². The number of likely N-dealkylation sites (tertiary alicyclic amines) is 1. The number of carbonyl (C=O) groups is 1. The molecule has 21 heavy (non-hydrogen) atoms. The lowest BCUT2D eigenvalue weighted by Gasteiger charge is -2.34. The van der Waals surface area contributed by atoms with Crippen molar-refractivity contribution in [2.45, 2.75) is 33.2 Å². The number of hydrogen-bond acceptors (Lipinski definition) is 2. The third-order valence-electron chi connectivity index (χ3n) is 4.25. The second-order valence-corrected chi connectivity index (χ2v) is 6.63. The molecule has 0 radical (unpaired) electrons. The van der Waals surface area contributed by atoms with Crippen LogP contribution >= 0.6 is 15.9 Å². The smallest absolute Gasteiger partial charge is 0.226 e. The van der Waals surface area contributed by atoms with Crippen LogP contribution in [0.5, 0.6) is 0 Å². The van der Waals surface area contributed by atoms with Crippen LogP contribution in [0.1, 0.15) is 32.3 Å². The highest BCUT2D eigenvalue weighted by Crippen LogP contribution is 2.21. The summed E-state index contributed by atoms with van der Waals surface area (Å²) in [6.07, 6.45) is 2.15. The van der Waals surface area contributed by atoms with Gasteiger partial charge in [-0.2, -0.15) is 0 Å². The summed E-state index contributed by atoms with van der Waals surface area (Å²) in [5.74, 6) is 0.509. The number of rotatable bonds is 5. The zero-order chi connectivity index (χ0) is 15.2. The van der Waals surface area contributed by atoms with Crippen molar-refractivity contribution < 1.29 is 4.79 Å². The second kappa shape index (κ2) is 7.95. The highest BCUT2D eigenvalue weighted by molar-refractivity contribution is 9.10. The van der Waals surface area contributed by atoms with Crippen LogP contribution in [-0.2, 0) is 11.3 Å². The molecule has 0 bridgehead atoms. The summed E-state index contributed by atoms with van der Waals surface area (Å²) in [5, 5.41) is 0. The van der Waals surface area contributed by atoms with E-state index in [1.807, 2.05) is 4.90 Å². The molecular formula is C17H25BrN2O. The molecule has 4 heteroatoms. The van der Waals surface area contributed by atoms with Crippen LogP contribution in [0.4, 0.5) is 0 Å². The Morgan fingerprint density at radius 2 is 1.95 bits per heavy atom. The number of hydrogen-bond donors (Lipinski definition) is 0. The average Bonchev–Trinajstić information content (AvgIpc) is 2.51. The van der Waals surface area contributed by atoms with E-state index in [-0.39, 0.29) is 5.92 Å². The molecule has 3 nitrogen and oxygen atoms in total. The van der Waals surface area contributed by atoms with E-state index in [2.05, 4.69) is 58.9 Å². The Bertz CT molecular complexity index is 456. The van der Waals surface area contributed by atoms with E-state index < -0.39 is 0 Å². The largest absolute Gasteiger partial charge is 0.343 e. The van der Waals surface area contributed by atoms with Gasteiger partial charge >= 0.3 is 0 Å². The monoisotopic (exact) mass is 352 g/mol. The number of piperidine rings is 1. The van der Waals surface area contributed by atoms with Gasteiger partial charge in [-0.25, -0.2) is 0 Å². The van der Waals surface area contributed by atoms with Crippen LogP contribution in [0, 0.1) is 5.92 Å². The van der Waals surface area contributed by atoms with Gasteiger partial charge in [0, 0.05) is 30.7 Å². The summed E-state index contributed by atoms with van der Waals surface area (Å²) in [7, 11) is 0. The third-order valence-corrected chi connectivity index (χ3v) is 4.78. The average molecular weight is 353 g/mol. The molecular weight excluding hydrogens is 328 g/mol. The maximum atomic E-state index is 12.5. The fourth-order valence-corrected chi connectivity index (χ4v) is 3.31. The van der Waals surface area contributed by atoms with Crippen molar-refractivity contribution in [2.24, 2.45) is 5.92 Å². The van der Waals surface area contributed by atoms with Crippen molar-refractivity contribution in [3.8, 4) is 0 Å². The fourth-order valence-electron chi connectivity index (χ4n) is 3.04. The zero-order valence-corrected chi connectivity index (χ0v) is 14.6. The molecule has 0 N–H and O–H groups in total. The highest BCUT2D eigenvalue weighted by Gasteiger charge is 2.28. The Hall–Kier alpha value is -0.870. The van der Waals surface area contributed by atoms with Crippen molar-refractivity contribution in [1.82, 2.24) is 9.80 Å². The van der Waals surface area contributed by atoms with Crippen LogP contribution < -0.4 is 0 Å². The Balaban J connectivity index is 1.94. The first-order valence-corrected chi connectivity index (χ1v) is 8.69. The zero-order valence-electron chi connectivity index (χ0n) is 13.0. The van der Waals surface area contributed by atoms with Gasteiger partial charge in [0.15, 0.2) is 0 Å². The molecule has 1 aliphatic heterocycles. The summed E-state index contributed by atoms with van der Waals surface area (Å²) >= 11 is 3.47. The van der Waals surface area contributed by atoms with Crippen LogP contribution in [0.15, 0.2) is 28.7 Å². The first-order valence-electron chi connectivity index (χ1n) is 7.89. The number of benzene rings is 1. The van der Waals surface area contributed by atoms with Gasteiger partial charge in [-0.05, 0) is 50.9 Å². The van der Waals surface area contributed by atoms with Gasteiger partial charge < -0.3 is 4.90 Å². The second-order valence-electron chi connectivity index (χ2n) is 5.71. The molecule has 1 fully saturated rings. The van der Waals surface area contributed by atoms with Crippen molar-refractivity contribution in [3.05, 3.63) is 34.3 Å². The topological polar surface area (TPSA) is 23.6 Å². The Morgan fingerprint density at radius 1 is 1.29 bits per heavy atom. The van der Waals surface area contributed by atoms with E-state index >= 15 is 0 Å². The molecule has 1 aromatic rings. The van der Waals surface area contributed by atoms with Crippen molar-refractivity contribution in [2.75, 3.05) is 26.2 Å². The summed E-state index contributed by atoms with van der Waals surface area (Å²) in [5.41, 5.74) is 1.31. The van der Waals surface area contributed by atoms with Gasteiger partial charge in [0.2, 0.25) is 5.91 Å². The maximum absolute atomic E-state index is 12.5. The number of carbonyl (C=O) groups excluding carboxylic acids is 1. The van der Waals surface area contributed by atoms with E-state index in [9.17, 15) is 4.79 Å². The lowest BCUT2D eigenvalue weighted by molar-refractivity contribution is -0.137. The lowest BCUT2D eigenvalue weighted by Crippen LogP contribution is -2.44. The minimum absolute atomic E-state index is 0.175. The molecule has 0 spiro atoms. The third kappa shape index (κ3) is 4.55. The predicted octanol–water partition coefficient (Wildman–Crippen LogP) is 3.53. The van der Waals surface area contributed by atoms with Crippen LogP contribution in [0.2, 0.25) is 0 Å². The molecule has 1 atom stereocenters. The van der Waals surface area contributed by atoms with Crippen LogP contribution in [0.3, 0.4) is 0 Å². The molecule has 1 saturated heterocycles. The SMILES string of the molecule is CCN(CC)C(=O)[C@H]1CCCN(Cc2ccc(Br)cc2)C1. The van der Waals surface area contributed by atoms with Gasteiger partial charge in [-0.1, -0.05) is 28.1 Å². The molecule has 1 amide bonds. The molecule has 0 saturated carbocycles. The summed E-state index contributed by atoms with van der Waals surface area (Å²) < 4.78 is 1.11. The number of amides is 1. The summed E-state index contributed by atoms with van der Waals surface area (Å²) in [4.78, 5) is 16.9. The maximum Gasteiger partial charge on any atom is 0.226 e. The molecule has 1 aromatic carbocycles. The van der Waals surface area contributed by atoms with E-state index in [1.54, 1.807) is 0 Å². The van der Waals surface area contributed by atoms with Gasteiger partial charge in [0.05, 0.1) is 5.92 Å². The molecule has 116 valence electrons. The van der Waals surface area contributed by atoms with E-state index in [1.165, 1.54) is 5.56 Å². The minimum Gasteiger partial charge on any atom is -0.343 e. The molecule has 0 aliphatic carbocycles. The van der Waals surface area contributed by atoms with Gasteiger partial charge in [-0.3, -0.25) is 9.69 Å². The van der Waals surface area contributed by atoms with E-state index in [0.29, 0.717) is 5.91 Å². The predicted molar refractivity (Wildman–Crippen MR) is 90.1 cm³/mol. The molecule has 0 unspecified atom stereocenters. The first-order chi connectivity index (χ1) is 10.1. The fraction of sp³-hybridized carbons (Fsp3) is 0.588. The summed E-state index contributed by atoms with van der Waals surface area (Å²) in [6, 6.07) is 8.47. The quantitative estimate of drug-likeness (QED) is 0.809. The normalized spacial score (nSPS) is 19.5. The molecule has 2 rings (SSSR count). The molecule has 1 heterocycles. The molecule has 0 aromatic heterocycles. The summed E-state index contributed by atoms with van der Waals surface area (Å²) in [6.45, 7) is 8.68. The first kappa shape index (κ1) is 16.5. The number of nitrogens with zero attached hydrogens (tertiary/aromatic N) is 2. The van der Waals surface area contributed by atoms with Crippen LogP contribution in [-0.4, -0.2) is 41.9 Å². The van der Waals surface area contributed by atoms with Crippen LogP contribution in [0.25, 0.3) is 0 Å². The molecule has 1 aliphatic rings. The van der Waals surface area contributed by atoms with E-state index in [0.717, 1.165) is 50.0 Å². The standard InChI is InChI=1S/C17H25BrN2O/c1-3-20(4-2)17(21)15-6-5-11-19(13-15)12-14-7-9-16(18)10-8-14/h7-10,15H,3-6,11-13H2,1-2H3/t15-/m0/s1. The Kier molecular flexibility index (Phi) is 6.24. The lowest BCUT2D eigenvalue weighted by atomic mass is 9.96. The highest BCUT2D eigenvalue weighted by atomic mass is 79.9. The van der Waals surface area contributed by atoms with Crippen molar-refractivity contribution >= 4 is 21.8 Å². The Morgan fingerprint density at radius 3 is 2.57 bits per heavy atom. The van der Waals surface area contributed by atoms with Gasteiger partial charge in [-0.15, -0.1) is 0 Å².